The molecule has 7 heteroatoms. The molecule has 0 aliphatic carbocycles. The van der Waals surface area contributed by atoms with Crippen LogP contribution in [0.15, 0.2) is 34.9 Å². The Kier molecular flexibility index (Phi) is 6.46. The molecule has 0 radical (unpaired) electrons. The minimum Gasteiger partial charge on any atom is -0.468 e. The van der Waals surface area contributed by atoms with E-state index >= 15 is 0 Å². The molecule has 2 amide bonds. The number of hydrogen-bond donors (Lipinski definition) is 1. The van der Waals surface area contributed by atoms with Crippen molar-refractivity contribution in [2.75, 3.05) is 26.2 Å². The molecule has 26 heavy (non-hydrogen) atoms. The number of thiophene rings is 1. The maximum Gasteiger partial charge on any atom is 0.241 e. The van der Waals surface area contributed by atoms with Gasteiger partial charge in [-0.2, -0.15) is 0 Å². The van der Waals surface area contributed by atoms with Crippen molar-refractivity contribution in [1.29, 1.82) is 0 Å². The van der Waals surface area contributed by atoms with Crippen LogP contribution in [0.25, 0.3) is 0 Å². The zero-order valence-electron chi connectivity index (χ0n) is 15.1. The monoisotopic (exact) mass is 375 g/mol. The zero-order chi connectivity index (χ0) is 18.4. The van der Waals surface area contributed by atoms with Crippen LogP contribution in [0.4, 0.5) is 0 Å². The van der Waals surface area contributed by atoms with Crippen molar-refractivity contribution < 1.29 is 14.0 Å². The molecule has 2 aromatic heterocycles. The van der Waals surface area contributed by atoms with E-state index in [4.69, 9.17) is 4.42 Å². The van der Waals surface area contributed by atoms with Crippen LogP contribution in [0, 0.1) is 6.92 Å². The lowest BCUT2D eigenvalue weighted by Crippen LogP contribution is -2.42. The van der Waals surface area contributed by atoms with Crippen molar-refractivity contribution in [1.82, 2.24) is 15.1 Å². The third-order valence-electron chi connectivity index (χ3n) is 4.40. The van der Waals surface area contributed by atoms with Crippen LogP contribution in [0.5, 0.6) is 0 Å². The molecule has 1 aliphatic heterocycles. The normalized spacial score (nSPS) is 14.2. The van der Waals surface area contributed by atoms with Gasteiger partial charge in [-0.3, -0.25) is 14.5 Å². The van der Waals surface area contributed by atoms with Crippen LogP contribution in [-0.2, 0) is 22.7 Å². The highest BCUT2D eigenvalue weighted by Crippen LogP contribution is 2.18. The molecule has 0 unspecified atom stereocenters. The molecule has 0 bridgehead atoms. The summed E-state index contributed by atoms with van der Waals surface area (Å²) in [6.07, 6.45) is 3.74. The van der Waals surface area contributed by atoms with E-state index in [0.717, 1.165) is 31.7 Å². The Morgan fingerprint density at radius 1 is 1.23 bits per heavy atom. The molecular weight excluding hydrogens is 350 g/mol. The number of hydrogen-bond acceptors (Lipinski definition) is 5. The molecule has 0 atom stereocenters. The average molecular weight is 375 g/mol. The fraction of sp³-hybridized carbons (Fsp3) is 0.474. The van der Waals surface area contributed by atoms with Gasteiger partial charge in [0, 0.05) is 29.4 Å². The van der Waals surface area contributed by atoms with Crippen LogP contribution in [0.2, 0.25) is 0 Å². The first-order valence-electron chi connectivity index (χ1n) is 8.94. The summed E-state index contributed by atoms with van der Waals surface area (Å²) in [6.45, 7) is 5.20. The van der Waals surface area contributed by atoms with Crippen molar-refractivity contribution in [2.24, 2.45) is 0 Å². The van der Waals surface area contributed by atoms with Gasteiger partial charge in [-0.1, -0.05) is 0 Å². The number of likely N-dealkylation sites (tertiary alicyclic amines) is 1. The van der Waals surface area contributed by atoms with Gasteiger partial charge >= 0.3 is 0 Å². The maximum atomic E-state index is 12.3. The molecule has 1 saturated heterocycles. The highest BCUT2D eigenvalue weighted by atomic mass is 32.1. The minimum atomic E-state index is -0.141. The topological polar surface area (TPSA) is 65.8 Å². The van der Waals surface area contributed by atoms with Gasteiger partial charge < -0.3 is 14.6 Å². The second kappa shape index (κ2) is 9.00. The summed E-state index contributed by atoms with van der Waals surface area (Å²) >= 11 is 1.73. The third-order valence-corrected chi connectivity index (χ3v) is 5.38. The first-order chi connectivity index (χ1) is 12.6. The van der Waals surface area contributed by atoms with Crippen LogP contribution in [0.1, 0.15) is 28.4 Å². The van der Waals surface area contributed by atoms with E-state index in [9.17, 15) is 9.59 Å². The van der Waals surface area contributed by atoms with Gasteiger partial charge in [0.2, 0.25) is 11.8 Å². The fourth-order valence-electron chi connectivity index (χ4n) is 3.09. The van der Waals surface area contributed by atoms with E-state index in [0.29, 0.717) is 13.1 Å². The van der Waals surface area contributed by atoms with Crippen molar-refractivity contribution in [3.05, 3.63) is 46.0 Å². The predicted molar refractivity (Wildman–Crippen MR) is 101 cm³/mol. The molecule has 1 aliphatic rings. The Labute approximate surface area is 157 Å². The number of nitrogens with one attached hydrogen (secondary N) is 1. The lowest BCUT2D eigenvalue weighted by atomic mass is 10.3. The lowest BCUT2D eigenvalue weighted by molar-refractivity contribution is -0.132. The molecule has 1 N–H and O–H groups in total. The van der Waals surface area contributed by atoms with Gasteiger partial charge in [-0.05, 0) is 44.0 Å². The van der Waals surface area contributed by atoms with E-state index in [1.54, 1.807) is 17.6 Å². The fourth-order valence-corrected chi connectivity index (χ4v) is 4.03. The molecule has 6 nitrogen and oxygen atoms in total. The Morgan fingerprint density at radius 3 is 2.69 bits per heavy atom. The van der Waals surface area contributed by atoms with Crippen LogP contribution in [0.3, 0.4) is 0 Å². The number of furan rings is 1. The average Bonchev–Trinajstić information content (AvgIpc) is 3.35. The summed E-state index contributed by atoms with van der Waals surface area (Å²) in [7, 11) is 0. The summed E-state index contributed by atoms with van der Waals surface area (Å²) in [4.78, 5) is 30.7. The number of aryl methyl sites for hydroxylation is 1. The van der Waals surface area contributed by atoms with E-state index < -0.39 is 0 Å². The second-order valence-corrected chi connectivity index (χ2v) is 7.97. The number of nitrogens with zero attached hydrogens (tertiary/aromatic N) is 2. The Balaban J connectivity index is 1.53. The van der Waals surface area contributed by atoms with Crippen LogP contribution in [-0.4, -0.2) is 47.8 Å². The number of amides is 2. The third kappa shape index (κ3) is 5.44. The van der Waals surface area contributed by atoms with E-state index in [2.05, 4.69) is 24.4 Å². The molecule has 3 rings (SSSR count). The van der Waals surface area contributed by atoms with Gasteiger partial charge in [-0.25, -0.2) is 0 Å². The van der Waals surface area contributed by atoms with Crippen molar-refractivity contribution in [3.63, 3.8) is 0 Å². The Hall–Kier alpha value is -2.12. The Bertz CT molecular complexity index is 720. The quantitative estimate of drug-likeness (QED) is 0.769. The number of rotatable bonds is 8. The SMILES string of the molecule is Cc1ccc(CN(CC(=O)NCC(=O)N2CCCC2)Cc2ccco2)s1. The number of carbonyl (C=O) groups is 2. The van der Waals surface area contributed by atoms with E-state index in [-0.39, 0.29) is 24.9 Å². The summed E-state index contributed by atoms with van der Waals surface area (Å²) in [5.41, 5.74) is 0. The van der Waals surface area contributed by atoms with Crippen molar-refractivity contribution in [2.45, 2.75) is 32.9 Å². The molecule has 0 saturated carbocycles. The standard InChI is InChI=1S/C19H25N3O3S/c1-15-6-7-17(26-15)13-21(12-16-5-4-10-25-16)14-18(23)20-11-19(24)22-8-2-3-9-22/h4-7,10H,2-3,8-9,11-14H2,1H3,(H,20,23). The summed E-state index contributed by atoms with van der Waals surface area (Å²) in [6, 6.07) is 7.92. The zero-order valence-corrected chi connectivity index (χ0v) is 15.9. The van der Waals surface area contributed by atoms with Crippen molar-refractivity contribution in [3.8, 4) is 0 Å². The van der Waals surface area contributed by atoms with E-state index in [1.165, 1.54) is 9.75 Å². The highest BCUT2D eigenvalue weighted by molar-refractivity contribution is 7.11. The molecule has 0 spiro atoms. The first-order valence-corrected chi connectivity index (χ1v) is 9.76. The second-order valence-electron chi connectivity index (χ2n) is 6.60. The Morgan fingerprint density at radius 2 is 2.04 bits per heavy atom. The largest absolute Gasteiger partial charge is 0.468 e. The molecule has 1 fully saturated rings. The number of carbonyl (C=O) groups excluding carboxylic acids is 2. The molecule has 140 valence electrons. The highest BCUT2D eigenvalue weighted by Gasteiger charge is 2.19. The minimum absolute atomic E-state index is 0.00214. The molecule has 0 aromatic carbocycles. The molecular formula is C19H25N3O3S. The predicted octanol–water partition coefficient (Wildman–Crippen LogP) is 2.39. The smallest absolute Gasteiger partial charge is 0.241 e. The summed E-state index contributed by atoms with van der Waals surface area (Å²) in [5.74, 6) is 0.680. The van der Waals surface area contributed by atoms with Gasteiger partial charge in [0.1, 0.15) is 5.76 Å². The summed E-state index contributed by atoms with van der Waals surface area (Å²) < 4.78 is 5.42. The van der Waals surface area contributed by atoms with E-state index in [1.807, 2.05) is 21.9 Å². The molecule has 2 aromatic rings. The lowest BCUT2D eigenvalue weighted by Gasteiger charge is -2.21. The first kappa shape index (κ1) is 18.7. The van der Waals surface area contributed by atoms with Crippen LogP contribution < -0.4 is 5.32 Å². The van der Waals surface area contributed by atoms with Crippen LogP contribution >= 0.6 is 11.3 Å². The van der Waals surface area contributed by atoms with Gasteiger partial charge in [0.05, 0.1) is 25.9 Å². The van der Waals surface area contributed by atoms with Gasteiger partial charge in [0.25, 0.3) is 0 Å². The van der Waals surface area contributed by atoms with Gasteiger partial charge in [0.15, 0.2) is 0 Å². The molecule has 3 heterocycles. The summed E-state index contributed by atoms with van der Waals surface area (Å²) in [5, 5.41) is 2.76. The van der Waals surface area contributed by atoms with Gasteiger partial charge in [-0.15, -0.1) is 11.3 Å². The maximum absolute atomic E-state index is 12.3. The van der Waals surface area contributed by atoms with Crippen molar-refractivity contribution >= 4 is 23.2 Å².